The normalized spacial score (nSPS) is 16.3. The molecule has 0 aliphatic carbocycles. The van der Waals surface area contributed by atoms with Gasteiger partial charge in [-0.25, -0.2) is 4.98 Å². The molecule has 0 spiro atoms. The van der Waals surface area contributed by atoms with E-state index in [0.717, 1.165) is 14.7 Å². The maximum absolute atomic E-state index is 12.4. The minimum absolute atomic E-state index is 0.178. The third kappa shape index (κ3) is 2.77. The van der Waals surface area contributed by atoms with Crippen LogP contribution in [-0.2, 0) is 4.79 Å². The molecule has 2 heterocycles. The Morgan fingerprint density at radius 1 is 1.22 bits per heavy atom. The molecule has 4 rings (SSSR count). The van der Waals surface area contributed by atoms with Gasteiger partial charge in [-0.3, -0.25) is 10.1 Å². The first-order valence-corrected chi connectivity index (χ1v) is 8.56. The van der Waals surface area contributed by atoms with Crippen molar-refractivity contribution < 1.29 is 14.3 Å². The third-order valence-electron chi connectivity index (χ3n) is 3.40. The summed E-state index contributed by atoms with van der Waals surface area (Å²) in [6.45, 7) is 0.178. The molecule has 1 aromatic heterocycles. The standard InChI is InChI=1S/C16H11BrN2O3S/c17-9-4-3-7-13-14(9)18-16(23-13)19-15(20)12-8-21-10-5-1-2-6-11(10)22-12/h1-7,12H,8H2,(H,18,19,20). The van der Waals surface area contributed by atoms with Gasteiger partial charge in [0, 0.05) is 4.47 Å². The Hall–Kier alpha value is -2.12. The van der Waals surface area contributed by atoms with Crippen LogP contribution in [0.3, 0.4) is 0 Å². The summed E-state index contributed by atoms with van der Waals surface area (Å²) in [6, 6.07) is 13.1. The van der Waals surface area contributed by atoms with Gasteiger partial charge in [0.05, 0.1) is 10.2 Å². The van der Waals surface area contributed by atoms with Gasteiger partial charge in [-0.05, 0) is 40.2 Å². The number of anilines is 1. The number of hydrogen-bond donors (Lipinski definition) is 1. The van der Waals surface area contributed by atoms with Crippen molar-refractivity contribution in [3.8, 4) is 11.5 Å². The van der Waals surface area contributed by atoms with Crippen molar-refractivity contribution in [2.24, 2.45) is 0 Å². The van der Waals surface area contributed by atoms with Gasteiger partial charge in [-0.2, -0.15) is 0 Å². The van der Waals surface area contributed by atoms with Crippen LogP contribution in [0.2, 0.25) is 0 Å². The highest BCUT2D eigenvalue weighted by molar-refractivity contribution is 9.10. The predicted octanol–water partition coefficient (Wildman–Crippen LogP) is 3.84. The van der Waals surface area contributed by atoms with Gasteiger partial charge < -0.3 is 9.47 Å². The maximum atomic E-state index is 12.4. The molecule has 0 saturated carbocycles. The maximum Gasteiger partial charge on any atom is 0.270 e. The zero-order valence-electron chi connectivity index (χ0n) is 11.8. The smallest absolute Gasteiger partial charge is 0.270 e. The van der Waals surface area contributed by atoms with E-state index in [0.29, 0.717) is 16.6 Å². The van der Waals surface area contributed by atoms with Crippen LogP contribution in [0.25, 0.3) is 10.2 Å². The Balaban J connectivity index is 1.52. The number of nitrogens with one attached hydrogen (secondary N) is 1. The van der Waals surface area contributed by atoms with E-state index in [-0.39, 0.29) is 12.5 Å². The molecule has 1 aliphatic rings. The molecule has 1 aliphatic heterocycles. The number of fused-ring (bicyclic) bond motifs is 2. The third-order valence-corrected chi connectivity index (χ3v) is 4.98. The number of hydrogen-bond acceptors (Lipinski definition) is 5. The molecule has 1 amide bonds. The summed E-state index contributed by atoms with van der Waals surface area (Å²) in [4.78, 5) is 16.8. The minimum atomic E-state index is -0.694. The average Bonchev–Trinajstić information content (AvgIpc) is 2.98. The van der Waals surface area contributed by atoms with E-state index >= 15 is 0 Å². The molecule has 2 aromatic carbocycles. The number of benzene rings is 2. The number of thiazole rings is 1. The van der Waals surface area contributed by atoms with Gasteiger partial charge in [0.2, 0.25) is 6.10 Å². The van der Waals surface area contributed by atoms with E-state index in [1.54, 1.807) is 6.07 Å². The van der Waals surface area contributed by atoms with E-state index < -0.39 is 6.10 Å². The molecule has 3 aromatic rings. The van der Waals surface area contributed by atoms with Gasteiger partial charge in [0.25, 0.3) is 5.91 Å². The van der Waals surface area contributed by atoms with Crippen molar-refractivity contribution in [3.63, 3.8) is 0 Å². The van der Waals surface area contributed by atoms with Gasteiger partial charge in [-0.1, -0.05) is 29.5 Å². The second-order valence-corrected chi connectivity index (χ2v) is 6.84. The minimum Gasteiger partial charge on any atom is -0.485 e. The lowest BCUT2D eigenvalue weighted by Crippen LogP contribution is -2.40. The summed E-state index contributed by atoms with van der Waals surface area (Å²) in [5.41, 5.74) is 0.832. The van der Waals surface area contributed by atoms with Crippen molar-refractivity contribution in [2.75, 3.05) is 11.9 Å². The summed E-state index contributed by atoms with van der Waals surface area (Å²) in [7, 11) is 0. The molecule has 5 nitrogen and oxygen atoms in total. The van der Waals surface area contributed by atoms with Crippen molar-refractivity contribution in [2.45, 2.75) is 6.10 Å². The number of nitrogens with zero attached hydrogens (tertiary/aromatic N) is 1. The fourth-order valence-electron chi connectivity index (χ4n) is 2.30. The number of para-hydroxylation sites is 3. The van der Waals surface area contributed by atoms with Crippen LogP contribution in [0.5, 0.6) is 11.5 Å². The van der Waals surface area contributed by atoms with E-state index in [1.807, 2.05) is 36.4 Å². The number of carbonyl (C=O) groups excluding carboxylic acids is 1. The van der Waals surface area contributed by atoms with Gasteiger partial charge in [0.1, 0.15) is 6.61 Å². The zero-order chi connectivity index (χ0) is 15.8. The monoisotopic (exact) mass is 390 g/mol. The molecule has 0 saturated heterocycles. The van der Waals surface area contributed by atoms with E-state index in [2.05, 4.69) is 26.2 Å². The van der Waals surface area contributed by atoms with Crippen LogP contribution >= 0.6 is 27.3 Å². The van der Waals surface area contributed by atoms with E-state index in [1.165, 1.54) is 11.3 Å². The van der Waals surface area contributed by atoms with Crippen molar-refractivity contribution in [1.82, 2.24) is 4.98 Å². The largest absolute Gasteiger partial charge is 0.485 e. The quantitative estimate of drug-likeness (QED) is 0.721. The highest BCUT2D eigenvalue weighted by atomic mass is 79.9. The molecule has 1 unspecified atom stereocenters. The number of aromatic nitrogens is 1. The molecular formula is C16H11BrN2O3S. The highest BCUT2D eigenvalue weighted by Crippen LogP contribution is 2.33. The first kappa shape index (κ1) is 14.5. The highest BCUT2D eigenvalue weighted by Gasteiger charge is 2.28. The van der Waals surface area contributed by atoms with Gasteiger partial charge in [0.15, 0.2) is 16.6 Å². The SMILES string of the molecule is O=C(Nc1nc2c(Br)cccc2s1)C1COc2ccccc2O1. The number of carbonyl (C=O) groups is 1. The van der Waals surface area contributed by atoms with Gasteiger partial charge >= 0.3 is 0 Å². The van der Waals surface area contributed by atoms with Crippen LogP contribution in [-0.4, -0.2) is 23.6 Å². The fourth-order valence-corrected chi connectivity index (χ4v) is 3.78. The second kappa shape index (κ2) is 5.82. The van der Waals surface area contributed by atoms with Crippen molar-refractivity contribution in [1.29, 1.82) is 0 Å². The number of ether oxygens (including phenoxy) is 2. The van der Waals surface area contributed by atoms with Crippen LogP contribution < -0.4 is 14.8 Å². The van der Waals surface area contributed by atoms with Crippen LogP contribution in [0.15, 0.2) is 46.9 Å². The number of halogens is 1. The summed E-state index contributed by atoms with van der Waals surface area (Å²) in [5, 5.41) is 3.34. The lowest BCUT2D eigenvalue weighted by atomic mass is 10.2. The summed E-state index contributed by atoms with van der Waals surface area (Å²) < 4.78 is 13.2. The summed E-state index contributed by atoms with van der Waals surface area (Å²) in [5.74, 6) is 0.959. The number of rotatable bonds is 2. The summed E-state index contributed by atoms with van der Waals surface area (Å²) in [6.07, 6.45) is -0.694. The van der Waals surface area contributed by atoms with E-state index in [4.69, 9.17) is 9.47 Å². The molecule has 7 heteroatoms. The molecule has 1 N–H and O–H groups in total. The molecule has 23 heavy (non-hydrogen) atoms. The Bertz CT molecular complexity index is 896. The van der Waals surface area contributed by atoms with Crippen LogP contribution in [0.1, 0.15) is 0 Å². The van der Waals surface area contributed by atoms with E-state index in [9.17, 15) is 4.79 Å². The Kier molecular flexibility index (Phi) is 3.66. The number of amides is 1. The van der Waals surface area contributed by atoms with Crippen LogP contribution in [0.4, 0.5) is 5.13 Å². The molecule has 0 radical (unpaired) electrons. The molecule has 0 bridgehead atoms. The topological polar surface area (TPSA) is 60.5 Å². The van der Waals surface area contributed by atoms with Crippen LogP contribution in [0, 0.1) is 0 Å². The Labute approximate surface area is 144 Å². The van der Waals surface area contributed by atoms with Crippen molar-refractivity contribution in [3.05, 3.63) is 46.9 Å². The second-order valence-electron chi connectivity index (χ2n) is 4.96. The zero-order valence-corrected chi connectivity index (χ0v) is 14.2. The summed E-state index contributed by atoms with van der Waals surface area (Å²) >= 11 is 4.88. The van der Waals surface area contributed by atoms with Crippen molar-refractivity contribution >= 4 is 48.5 Å². The lowest BCUT2D eigenvalue weighted by molar-refractivity contribution is -0.125. The Morgan fingerprint density at radius 3 is 2.87 bits per heavy atom. The Morgan fingerprint density at radius 2 is 2.04 bits per heavy atom. The molecule has 1 atom stereocenters. The fraction of sp³-hybridized carbons (Fsp3) is 0.125. The first-order chi connectivity index (χ1) is 11.2. The van der Waals surface area contributed by atoms with Gasteiger partial charge in [-0.15, -0.1) is 0 Å². The predicted molar refractivity (Wildman–Crippen MR) is 92.3 cm³/mol. The lowest BCUT2D eigenvalue weighted by Gasteiger charge is -2.25. The molecule has 116 valence electrons. The molecule has 0 fully saturated rings. The molecular weight excluding hydrogens is 380 g/mol. The average molecular weight is 391 g/mol. The first-order valence-electron chi connectivity index (χ1n) is 6.95.